The fourth-order valence-electron chi connectivity index (χ4n) is 4.22. The molecular formula is C24H15BNO3. The summed E-state index contributed by atoms with van der Waals surface area (Å²) in [6, 6.07) is 28.5. The van der Waals surface area contributed by atoms with Gasteiger partial charge >= 0.3 is 7.69 Å². The summed E-state index contributed by atoms with van der Waals surface area (Å²) >= 11 is 0. The van der Waals surface area contributed by atoms with Crippen molar-refractivity contribution in [1.29, 1.82) is 0 Å². The van der Waals surface area contributed by atoms with Crippen molar-refractivity contribution in [3.05, 3.63) is 84.9 Å². The van der Waals surface area contributed by atoms with E-state index in [1.807, 2.05) is 48.5 Å². The van der Waals surface area contributed by atoms with Gasteiger partial charge in [-0.05, 0) is 42.5 Å². The number of para-hydroxylation sites is 2. The highest BCUT2D eigenvalue weighted by Gasteiger charge is 2.14. The Bertz CT molecular complexity index is 1530. The summed E-state index contributed by atoms with van der Waals surface area (Å²) in [7, 11) is 0.704. The monoisotopic (exact) mass is 376 g/mol. The standard InChI is InChI=1S/C24H15BNO3/c27-25-29-16-10-12-22-20(14-16)17-5-1-3-7-21(17)26(22)15-9-11-19-18-6-2-4-8-23(18)28-24(19)13-15/h1-14,27H. The highest BCUT2D eigenvalue weighted by molar-refractivity contribution is 6.17. The summed E-state index contributed by atoms with van der Waals surface area (Å²) in [5, 5.41) is 13.4. The minimum Gasteiger partial charge on any atom is -0.537 e. The van der Waals surface area contributed by atoms with Crippen LogP contribution in [0.15, 0.2) is 89.3 Å². The molecular weight excluding hydrogens is 361 g/mol. The Kier molecular flexibility index (Phi) is 3.46. The van der Waals surface area contributed by atoms with Gasteiger partial charge in [0.1, 0.15) is 16.9 Å². The van der Waals surface area contributed by atoms with Gasteiger partial charge in [-0.2, -0.15) is 0 Å². The van der Waals surface area contributed by atoms with E-state index in [-0.39, 0.29) is 0 Å². The Morgan fingerprint density at radius 3 is 2.34 bits per heavy atom. The molecule has 0 fully saturated rings. The van der Waals surface area contributed by atoms with Gasteiger partial charge in [-0.3, -0.25) is 0 Å². The molecule has 137 valence electrons. The van der Waals surface area contributed by atoms with Gasteiger partial charge in [-0.15, -0.1) is 0 Å². The van der Waals surface area contributed by atoms with Crippen LogP contribution in [0, 0.1) is 0 Å². The van der Waals surface area contributed by atoms with E-state index in [4.69, 9.17) is 14.1 Å². The largest absolute Gasteiger partial charge is 0.569 e. The molecule has 0 aliphatic carbocycles. The zero-order valence-electron chi connectivity index (χ0n) is 15.4. The molecule has 0 aliphatic rings. The minimum atomic E-state index is 0.593. The molecule has 0 bridgehead atoms. The second-order valence-electron chi connectivity index (χ2n) is 7.03. The molecule has 1 radical (unpaired) electrons. The van der Waals surface area contributed by atoms with Gasteiger partial charge in [-0.25, -0.2) is 0 Å². The van der Waals surface area contributed by atoms with E-state index in [9.17, 15) is 0 Å². The molecule has 4 aromatic carbocycles. The van der Waals surface area contributed by atoms with Crippen LogP contribution < -0.4 is 4.65 Å². The molecule has 0 spiro atoms. The zero-order chi connectivity index (χ0) is 19.4. The van der Waals surface area contributed by atoms with E-state index in [2.05, 4.69) is 41.0 Å². The Labute approximate surface area is 166 Å². The molecule has 2 aromatic heterocycles. The zero-order valence-corrected chi connectivity index (χ0v) is 15.4. The van der Waals surface area contributed by atoms with Crippen LogP contribution >= 0.6 is 0 Å². The molecule has 2 heterocycles. The predicted octanol–water partition coefficient (Wildman–Crippen LogP) is 5.59. The van der Waals surface area contributed by atoms with Crippen LogP contribution in [-0.2, 0) is 0 Å². The summed E-state index contributed by atoms with van der Waals surface area (Å²) in [4.78, 5) is 0. The third-order valence-electron chi connectivity index (χ3n) is 5.45. The summed E-state index contributed by atoms with van der Waals surface area (Å²) < 4.78 is 13.5. The number of hydrogen-bond acceptors (Lipinski definition) is 3. The third-order valence-corrected chi connectivity index (χ3v) is 5.45. The van der Waals surface area contributed by atoms with Crippen molar-refractivity contribution in [2.75, 3.05) is 0 Å². The van der Waals surface area contributed by atoms with Crippen molar-refractivity contribution >= 4 is 51.4 Å². The molecule has 5 heteroatoms. The first-order valence-corrected chi connectivity index (χ1v) is 9.41. The Morgan fingerprint density at radius 2 is 1.45 bits per heavy atom. The highest BCUT2D eigenvalue weighted by Crippen LogP contribution is 2.36. The van der Waals surface area contributed by atoms with E-state index in [0.717, 1.165) is 49.4 Å². The average molecular weight is 376 g/mol. The van der Waals surface area contributed by atoms with E-state index in [1.165, 1.54) is 0 Å². The lowest BCUT2D eigenvalue weighted by molar-refractivity contribution is 0.454. The predicted molar refractivity (Wildman–Crippen MR) is 117 cm³/mol. The van der Waals surface area contributed by atoms with Crippen molar-refractivity contribution in [3.63, 3.8) is 0 Å². The molecule has 29 heavy (non-hydrogen) atoms. The normalized spacial score (nSPS) is 11.6. The molecule has 0 saturated carbocycles. The number of benzene rings is 4. The van der Waals surface area contributed by atoms with Gasteiger partial charge < -0.3 is 18.7 Å². The lowest BCUT2D eigenvalue weighted by Crippen LogP contribution is -1.99. The van der Waals surface area contributed by atoms with Crippen LogP contribution in [0.1, 0.15) is 0 Å². The quantitative estimate of drug-likeness (QED) is 0.410. The maximum atomic E-state index is 8.99. The number of fused-ring (bicyclic) bond motifs is 6. The third kappa shape index (κ3) is 2.38. The van der Waals surface area contributed by atoms with Gasteiger partial charge in [0.15, 0.2) is 0 Å². The van der Waals surface area contributed by atoms with Gasteiger partial charge in [0.25, 0.3) is 0 Å². The first-order chi connectivity index (χ1) is 14.3. The van der Waals surface area contributed by atoms with Crippen molar-refractivity contribution in [1.82, 2.24) is 4.57 Å². The summed E-state index contributed by atoms with van der Waals surface area (Å²) in [6.07, 6.45) is 0. The van der Waals surface area contributed by atoms with Crippen LogP contribution in [0.5, 0.6) is 5.75 Å². The number of nitrogens with zero attached hydrogens (tertiary/aromatic N) is 1. The molecule has 0 amide bonds. The second kappa shape index (κ2) is 6.16. The first-order valence-electron chi connectivity index (χ1n) is 9.41. The van der Waals surface area contributed by atoms with Gasteiger partial charge in [0.05, 0.1) is 11.0 Å². The molecule has 4 nitrogen and oxygen atoms in total. The van der Waals surface area contributed by atoms with Crippen LogP contribution in [0.25, 0.3) is 49.4 Å². The lowest BCUT2D eigenvalue weighted by atomic mass is 10.1. The Morgan fingerprint density at radius 1 is 0.690 bits per heavy atom. The molecule has 6 rings (SSSR count). The summed E-state index contributed by atoms with van der Waals surface area (Å²) in [5.74, 6) is 0.593. The Hall–Kier alpha value is -3.70. The van der Waals surface area contributed by atoms with Gasteiger partial charge in [0.2, 0.25) is 0 Å². The van der Waals surface area contributed by atoms with Crippen molar-refractivity contribution in [3.8, 4) is 11.4 Å². The smallest absolute Gasteiger partial charge is 0.537 e. The molecule has 0 saturated heterocycles. The topological polar surface area (TPSA) is 47.5 Å². The molecule has 0 atom stereocenters. The van der Waals surface area contributed by atoms with Crippen LogP contribution in [-0.4, -0.2) is 17.3 Å². The minimum absolute atomic E-state index is 0.593. The molecule has 0 unspecified atom stereocenters. The van der Waals surface area contributed by atoms with Gasteiger partial charge in [0, 0.05) is 33.3 Å². The maximum Gasteiger partial charge on any atom is 0.569 e. The number of hydrogen-bond donors (Lipinski definition) is 1. The van der Waals surface area contributed by atoms with Crippen molar-refractivity contribution < 1.29 is 14.1 Å². The lowest BCUT2D eigenvalue weighted by Gasteiger charge is -2.08. The van der Waals surface area contributed by atoms with E-state index in [0.29, 0.717) is 13.4 Å². The summed E-state index contributed by atoms with van der Waals surface area (Å²) in [6.45, 7) is 0. The fraction of sp³-hybridized carbons (Fsp3) is 0. The van der Waals surface area contributed by atoms with E-state index >= 15 is 0 Å². The first kappa shape index (κ1) is 16.3. The molecule has 0 aliphatic heterocycles. The highest BCUT2D eigenvalue weighted by atomic mass is 16.5. The van der Waals surface area contributed by atoms with Crippen LogP contribution in [0.4, 0.5) is 0 Å². The fourth-order valence-corrected chi connectivity index (χ4v) is 4.22. The summed E-state index contributed by atoms with van der Waals surface area (Å²) in [5.41, 5.74) is 4.95. The van der Waals surface area contributed by atoms with Crippen LogP contribution in [0.2, 0.25) is 0 Å². The SMILES string of the molecule is O[B]Oc1ccc2c(c1)c1ccccc1n2-c1ccc2c(c1)oc1ccccc12. The van der Waals surface area contributed by atoms with Crippen LogP contribution in [0.3, 0.4) is 0 Å². The number of rotatable bonds is 3. The second-order valence-corrected chi connectivity index (χ2v) is 7.03. The number of furan rings is 1. The Balaban J connectivity index is 1.66. The molecule has 6 aromatic rings. The van der Waals surface area contributed by atoms with E-state index < -0.39 is 0 Å². The van der Waals surface area contributed by atoms with Crippen molar-refractivity contribution in [2.24, 2.45) is 0 Å². The van der Waals surface area contributed by atoms with E-state index in [1.54, 1.807) is 0 Å². The molecule has 1 N–H and O–H groups in total. The van der Waals surface area contributed by atoms with Crippen molar-refractivity contribution in [2.45, 2.75) is 0 Å². The van der Waals surface area contributed by atoms with Gasteiger partial charge in [-0.1, -0.05) is 36.4 Å². The average Bonchev–Trinajstić information content (AvgIpc) is 3.29. The number of aromatic nitrogens is 1. The maximum absolute atomic E-state index is 8.99.